The molecule has 2 aromatic rings. The largest absolute Gasteiger partial charge is 0.324 e. The molecule has 8 heteroatoms. The van der Waals surface area contributed by atoms with Crippen molar-refractivity contribution in [2.24, 2.45) is 5.92 Å². The van der Waals surface area contributed by atoms with Gasteiger partial charge in [-0.3, -0.25) is 14.3 Å². The Balaban J connectivity index is 1.70. The van der Waals surface area contributed by atoms with E-state index < -0.39 is 6.04 Å². The summed E-state index contributed by atoms with van der Waals surface area (Å²) in [6.07, 6.45) is 3.18. The highest BCUT2D eigenvalue weighted by atomic mass is 35.5. The zero-order valence-corrected chi connectivity index (χ0v) is 19.3. The van der Waals surface area contributed by atoms with Gasteiger partial charge in [0.15, 0.2) is 0 Å². The maximum Gasteiger partial charge on any atom is 0.248 e. The fourth-order valence-corrected chi connectivity index (χ4v) is 4.77. The Labute approximate surface area is 186 Å². The molecule has 160 valence electrons. The number of anilines is 1. The standard InChI is InChI=1S/C22H27ClN4O2S/c1-14(2)11-27-21(23)18(16(4)25-27)8-9-20(28)26-13-30-12-19(26)22(29)24-17-7-5-6-15(3)10-17/h5-10,14,19H,11-13H2,1-4H3,(H,24,29)/b9-8+. The number of nitrogens with one attached hydrogen (secondary N) is 1. The number of halogens is 1. The normalized spacial score (nSPS) is 16.6. The minimum Gasteiger partial charge on any atom is -0.324 e. The third kappa shape index (κ3) is 5.26. The van der Waals surface area contributed by atoms with Crippen molar-refractivity contribution < 1.29 is 9.59 Å². The summed E-state index contributed by atoms with van der Waals surface area (Å²) < 4.78 is 1.76. The second-order valence-electron chi connectivity index (χ2n) is 7.88. The topological polar surface area (TPSA) is 67.2 Å². The van der Waals surface area contributed by atoms with Crippen LogP contribution >= 0.6 is 23.4 Å². The highest BCUT2D eigenvalue weighted by molar-refractivity contribution is 7.99. The smallest absolute Gasteiger partial charge is 0.248 e. The van der Waals surface area contributed by atoms with Crippen molar-refractivity contribution in [1.29, 1.82) is 0 Å². The summed E-state index contributed by atoms with van der Waals surface area (Å²) in [4.78, 5) is 27.2. The Bertz CT molecular complexity index is 970. The number of aryl methyl sites for hydroxylation is 2. The van der Waals surface area contributed by atoms with Gasteiger partial charge in [-0.05, 0) is 43.5 Å². The SMILES string of the molecule is Cc1cccc(NC(=O)C2CSCN2C(=O)/C=C/c2c(C)nn(CC(C)C)c2Cl)c1. The van der Waals surface area contributed by atoms with Crippen LogP contribution < -0.4 is 5.32 Å². The molecule has 0 aliphatic carbocycles. The average Bonchev–Trinajstić information content (AvgIpc) is 3.25. The third-order valence-corrected chi connectivity index (χ3v) is 6.20. The monoisotopic (exact) mass is 446 g/mol. The maximum atomic E-state index is 12.8. The van der Waals surface area contributed by atoms with Gasteiger partial charge in [-0.2, -0.15) is 5.10 Å². The van der Waals surface area contributed by atoms with E-state index in [4.69, 9.17) is 11.6 Å². The molecule has 1 unspecified atom stereocenters. The van der Waals surface area contributed by atoms with E-state index in [1.807, 2.05) is 38.1 Å². The lowest BCUT2D eigenvalue weighted by Crippen LogP contribution is -2.43. The summed E-state index contributed by atoms with van der Waals surface area (Å²) in [6.45, 7) is 8.75. The Kier molecular flexibility index (Phi) is 7.26. The van der Waals surface area contributed by atoms with E-state index in [1.165, 1.54) is 6.08 Å². The van der Waals surface area contributed by atoms with Crippen LogP contribution in [-0.2, 0) is 16.1 Å². The molecule has 2 heterocycles. The first kappa shape index (κ1) is 22.4. The average molecular weight is 447 g/mol. The summed E-state index contributed by atoms with van der Waals surface area (Å²) in [6, 6.07) is 7.11. The quantitative estimate of drug-likeness (QED) is 0.669. The zero-order valence-electron chi connectivity index (χ0n) is 17.7. The highest BCUT2D eigenvalue weighted by Gasteiger charge is 2.33. The summed E-state index contributed by atoms with van der Waals surface area (Å²) in [5.74, 6) is 1.08. The van der Waals surface area contributed by atoms with Crippen LogP contribution in [0.2, 0.25) is 5.15 Å². The lowest BCUT2D eigenvalue weighted by molar-refractivity contribution is -0.132. The number of hydrogen-bond donors (Lipinski definition) is 1. The first-order chi connectivity index (χ1) is 14.3. The Morgan fingerprint density at radius 2 is 2.13 bits per heavy atom. The molecule has 0 radical (unpaired) electrons. The molecule has 1 N–H and O–H groups in total. The van der Waals surface area contributed by atoms with E-state index in [2.05, 4.69) is 24.3 Å². The van der Waals surface area contributed by atoms with Crippen molar-refractivity contribution in [3.63, 3.8) is 0 Å². The minimum atomic E-state index is -0.507. The second-order valence-corrected chi connectivity index (χ2v) is 9.24. The minimum absolute atomic E-state index is 0.175. The lowest BCUT2D eigenvalue weighted by Gasteiger charge is -2.21. The Morgan fingerprint density at radius 1 is 1.37 bits per heavy atom. The number of benzene rings is 1. The van der Waals surface area contributed by atoms with Gasteiger partial charge in [0.05, 0.1) is 11.6 Å². The molecular formula is C22H27ClN4O2S. The summed E-state index contributed by atoms with van der Waals surface area (Å²) in [7, 11) is 0. The van der Waals surface area contributed by atoms with Crippen LogP contribution in [0.5, 0.6) is 0 Å². The van der Waals surface area contributed by atoms with Gasteiger partial charge in [0.2, 0.25) is 11.8 Å². The Hall–Kier alpha value is -2.25. The summed E-state index contributed by atoms with van der Waals surface area (Å²) in [5.41, 5.74) is 3.31. The van der Waals surface area contributed by atoms with E-state index in [9.17, 15) is 9.59 Å². The third-order valence-electron chi connectivity index (χ3n) is 4.79. The molecule has 30 heavy (non-hydrogen) atoms. The lowest BCUT2D eigenvalue weighted by atomic mass is 10.2. The van der Waals surface area contributed by atoms with E-state index in [-0.39, 0.29) is 11.8 Å². The van der Waals surface area contributed by atoms with E-state index >= 15 is 0 Å². The van der Waals surface area contributed by atoms with Crippen molar-refractivity contribution in [1.82, 2.24) is 14.7 Å². The predicted octanol–water partition coefficient (Wildman–Crippen LogP) is 4.36. The van der Waals surface area contributed by atoms with Crippen LogP contribution in [0.4, 0.5) is 5.69 Å². The molecule has 1 aromatic carbocycles. The number of hydrogen-bond acceptors (Lipinski definition) is 4. The van der Waals surface area contributed by atoms with Crippen molar-refractivity contribution in [3.8, 4) is 0 Å². The van der Waals surface area contributed by atoms with Crippen molar-refractivity contribution in [2.75, 3.05) is 16.9 Å². The molecule has 6 nitrogen and oxygen atoms in total. The fourth-order valence-electron chi connectivity index (χ4n) is 3.30. The van der Waals surface area contributed by atoms with Crippen LogP contribution in [-0.4, -0.2) is 44.2 Å². The second kappa shape index (κ2) is 9.71. The number of carbonyl (C=O) groups is 2. The maximum absolute atomic E-state index is 12.8. The van der Waals surface area contributed by atoms with Gasteiger partial charge in [0.25, 0.3) is 0 Å². The molecule has 0 bridgehead atoms. The number of amides is 2. The van der Waals surface area contributed by atoms with Crippen molar-refractivity contribution in [3.05, 3.63) is 52.3 Å². The van der Waals surface area contributed by atoms with E-state index in [1.54, 1.807) is 27.4 Å². The molecule has 1 fully saturated rings. The molecule has 0 spiro atoms. The molecule has 1 saturated heterocycles. The highest BCUT2D eigenvalue weighted by Crippen LogP contribution is 2.25. The predicted molar refractivity (Wildman–Crippen MR) is 124 cm³/mol. The molecule has 1 aromatic heterocycles. The molecule has 1 aliphatic rings. The molecule has 0 saturated carbocycles. The number of nitrogens with zero attached hydrogens (tertiary/aromatic N) is 3. The first-order valence-corrected chi connectivity index (χ1v) is 11.5. The van der Waals surface area contributed by atoms with Crippen LogP contribution in [0.1, 0.15) is 30.7 Å². The molecular weight excluding hydrogens is 420 g/mol. The van der Waals surface area contributed by atoms with Crippen molar-refractivity contribution >= 4 is 46.9 Å². The van der Waals surface area contributed by atoms with Gasteiger partial charge >= 0.3 is 0 Å². The van der Waals surface area contributed by atoms with E-state index in [0.717, 1.165) is 22.5 Å². The van der Waals surface area contributed by atoms with Gasteiger partial charge < -0.3 is 10.2 Å². The van der Waals surface area contributed by atoms with Crippen LogP contribution in [0, 0.1) is 19.8 Å². The number of rotatable bonds is 6. The summed E-state index contributed by atoms with van der Waals surface area (Å²) in [5, 5.41) is 7.90. The van der Waals surface area contributed by atoms with Gasteiger partial charge in [-0.1, -0.05) is 37.6 Å². The van der Waals surface area contributed by atoms with Crippen LogP contribution in [0.3, 0.4) is 0 Å². The first-order valence-electron chi connectivity index (χ1n) is 9.93. The zero-order chi connectivity index (χ0) is 21.8. The molecule has 3 rings (SSSR count). The van der Waals surface area contributed by atoms with Gasteiger partial charge in [0.1, 0.15) is 11.2 Å². The fraction of sp³-hybridized carbons (Fsp3) is 0.409. The number of carbonyl (C=O) groups excluding carboxylic acids is 2. The molecule has 2 amide bonds. The van der Waals surface area contributed by atoms with Gasteiger partial charge in [-0.15, -0.1) is 11.8 Å². The van der Waals surface area contributed by atoms with Gasteiger partial charge in [0, 0.05) is 29.6 Å². The Morgan fingerprint density at radius 3 is 2.83 bits per heavy atom. The number of aromatic nitrogens is 2. The number of thioether (sulfide) groups is 1. The molecule has 1 atom stereocenters. The summed E-state index contributed by atoms with van der Waals surface area (Å²) >= 11 is 8.02. The molecule has 1 aliphatic heterocycles. The van der Waals surface area contributed by atoms with E-state index in [0.29, 0.717) is 29.2 Å². The van der Waals surface area contributed by atoms with Crippen molar-refractivity contribution in [2.45, 2.75) is 40.3 Å². The van der Waals surface area contributed by atoms with Gasteiger partial charge in [-0.25, -0.2) is 0 Å². The van der Waals surface area contributed by atoms with Crippen LogP contribution in [0.25, 0.3) is 6.08 Å². The van der Waals surface area contributed by atoms with Crippen LogP contribution in [0.15, 0.2) is 30.3 Å².